The lowest BCUT2D eigenvalue weighted by Crippen LogP contribution is -2.43. The van der Waals surface area contributed by atoms with Gasteiger partial charge in [-0.15, -0.1) is 0 Å². The van der Waals surface area contributed by atoms with Gasteiger partial charge in [0.1, 0.15) is 17.3 Å². The number of aryl methyl sites for hydroxylation is 1. The van der Waals surface area contributed by atoms with Crippen LogP contribution in [0.2, 0.25) is 0 Å². The van der Waals surface area contributed by atoms with Crippen LogP contribution in [0.3, 0.4) is 0 Å². The molecular formula is C31H34F5N7O5. The average Bonchev–Trinajstić information content (AvgIpc) is 3.02. The number of benzene rings is 2. The third kappa shape index (κ3) is 8.71. The van der Waals surface area contributed by atoms with E-state index in [2.05, 4.69) is 25.8 Å². The molecule has 1 saturated heterocycles. The lowest BCUT2D eigenvalue weighted by molar-refractivity contribution is -0.192. The molecule has 48 heavy (non-hydrogen) atoms. The van der Waals surface area contributed by atoms with Gasteiger partial charge >= 0.3 is 18.2 Å². The maximum Gasteiger partial charge on any atom is 0.490 e. The smallest absolute Gasteiger partial charge is 0.475 e. The van der Waals surface area contributed by atoms with E-state index in [0.29, 0.717) is 48.7 Å². The molecular weight excluding hydrogens is 645 g/mol. The molecule has 2 aliphatic rings. The maximum atomic E-state index is 15.0. The number of hydrogen-bond acceptors (Lipinski definition) is 8. The minimum absolute atomic E-state index is 0.0337. The van der Waals surface area contributed by atoms with Gasteiger partial charge in [0.05, 0.1) is 25.5 Å². The van der Waals surface area contributed by atoms with Crippen LogP contribution in [0.1, 0.15) is 35.3 Å². The highest BCUT2D eigenvalue weighted by Gasteiger charge is 2.38. The molecule has 2 aromatic carbocycles. The molecule has 3 heterocycles. The first kappa shape index (κ1) is 35.9. The first-order chi connectivity index (χ1) is 22.7. The molecule has 0 unspecified atom stereocenters. The number of nitrogens with one attached hydrogen (secondary N) is 3. The number of rotatable bonds is 8. The maximum absolute atomic E-state index is 15.0. The number of morpholine rings is 1. The van der Waals surface area contributed by atoms with Crippen molar-refractivity contribution in [1.29, 1.82) is 0 Å². The standard InChI is InChI=1S/C29H33F2N7O3.C2HF3O2/c1-17(2)34-27(39)19-8-7-18(3)20(15-19)24-21-16-33-29(40)38(25-22(30)5-4-6-23(25)31)26(21)36-28(35-24)32-9-10-37-11-13-41-14-12-37;3-2(4,5)1(6)7/h4-8,15,17H,9-14,16H2,1-3H3,(H,33,40)(H,34,39)(H,32,35,36);(H,6,7). The van der Waals surface area contributed by atoms with Gasteiger partial charge in [-0.1, -0.05) is 12.1 Å². The van der Waals surface area contributed by atoms with Gasteiger partial charge in [0.2, 0.25) is 5.95 Å². The quantitative estimate of drug-likeness (QED) is 0.251. The van der Waals surface area contributed by atoms with Crippen molar-refractivity contribution in [2.45, 2.75) is 39.5 Å². The minimum atomic E-state index is -5.08. The molecule has 0 atom stereocenters. The van der Waals surface area contributed by atoms with E-state index in [-0.39, 0.29) is 30.3 Å². The summed E-state index contributed by atoms with van der Waals surface area (Å²) in [6, 6.07) is 7.92. The van der Waals surface area contributed by atoms with Crippen LogP contribution in [0.15, 0.2) is 36.4 Å². The molecule has 1 aromatic heterocycles. The van der Waals surface area contributed by atoms with Gasteiger partial charge in [-0.3, -0.25) is 9.69 Å². The zero-order chi connectivity index (χ0) is 35.2. The zero-order valence-corrected chi connectivity index (χ0v) is 26.3. The lowest BCUT2D eigenvalue weighted by atomic mass is 9.97. The Morgan fingerprint density at radius 3 is 2.33 bits per heavy atom. The summed E-state index contributed by atoms with van der Waals surface area (Å²) in [6.07, 6.45) is -5.08. The Morgan fingerprint density at radius 1 is 1.08 bits per heavy atom. The Morgan fingerprint density at radius 2 is 1.73 bits per heavy atom. The number of carbonyl (C=O) groups excluding carboxylic acids is 2. The third-order valence-corrected chi connectivity index (χ3v) is 7.21. The largest absolute Gasteiger partial charge is 0.490 e. The van der Waals surface area contributed by atoms with Crippen LogP contribution in [0.25, 0.3) is 11.3 Å². The molecule has 258 valence electrons. The van der Waals surface area contributed by atoms with Crippen LogP contribution in [-0.4, -0.2) is 89.5 Å². The van der Waals surface area contributed by atoms with E-state index in [0.717, 1.165) is 35.7 Å². The molecule has 0 spiro atoms. The molecule has 0 radical (unpaired) electrons. The highest BCUT2D eigenvalue weighted by molar-refractivity contribution is 6.02. The monoisotopic (exact) mass is 679 g/mol. The summed E-state index contributed by atoms with van der Waals surface area (Å²) in [4.78, 5) is 47.3. The van der Waals surface area contributed by atoms with Crippen molar-refractivity contribution in [3.05, 3.63) is 64.7 Å². The van der Waals surface area contributed by atoms with Crippen molar-refractivity contribution in [3.8, 4) is 11.3 Å². The second-order valence-corrected chi connectivity index (χ2v) is 11.1. The molecule has 1 fully saturated rings. The summed E-state index contributed by atoms with van der Waals surface area (Å²) in [5.41, 5.74) is 2.29. The Hall–Kier alpha value is -4.90. The van der Waals surface area contributed by atoms with Crippen molar-refractivity contribution in [2.24, 2.45) is 0 Å². The van der Waals surface area contributed by atoms with Gasteiger partial charge in [-0.05, 0) is 50.6 Å². The first-order valence-electron chi connectivity index (χ1n) is 14.9. The fraction of sp³-hybridized carbons (Fsp3) is 0.387. The number of carboxylic acids is 1. The van der Waals surface area contributed by atoms with Gasteiger partial charge in [0.15, 0.2) is 5.82 Å². The zero-order valence-electron chi connectivity index (χ0n) is 26.3. The van der Waals surface area contributed by atoms with Crippen LogP contribution in [0.4, 0.5) is 44.2 Å². The summed E-state index contributed by atoms with van der Waals surface area (Å²) < 4.78 is 67.1. The molecule has 17 heteroatoms. The highest BCUT2D eigenvalue weighted by Crippen LogP contribution is 2.39. The number of fused-ring (bicyclic) bond motifs is 1. The number of aromatic nitrogens is 2. The van der Waals surface area contributed by atoms with E-state index in [4.69, 9.17) is 19.6 Å². The normalized spacial score (nSPS) is 14.9. The van der Waals surface area contributed by atoms with Gasteiger partial charge < -0.3 is 25.8 Å². The number of alkyl halides is 3. The Balaban J connectivity index is 0.000000671. The van der Waals surface area contributed by atoms with Gasteiger partial charge in [-0.2, -0.15) is 18.2 Å². The molecule has 0 aliphatic carbocycles. The number of nitrogens with zero attached hydrogens (tertiary/aromatic N) is 4. The van der Waals surface area contributed by atoms with Gasteiger partial charge in [-0.25, -0.2) is 28.3 Å². The Labute approximate surface area is 272 Å². The molecule has 3 amide bonds. The van der Waals surface area contributed by atoms with Crippen LogP contribution in [0.5, 0.6) is 0 Å². The van der Waals surface area contributed by atoms with E-state index >= 15 is 0 Å². The SMILES string of the molecule is Cc1ccc(C(=O)NC(C)C)cc1-c1nc(NCCN2CCOCC2)nc2c1CNC(=O)N2c1c(F)cccc1F.O=C(O)C(F)(F)F. The van der Waals surface area contributed by atoms with Gasteiger partial charge in [0.25, 0.3) is 5.91 Å². The lowest BCUT2D eigenvalue weighted by Gasteiger charge is -2.31. The molecule has 5 rings (SSSR count). The van der Waals surface area contributed by atoms with Crippen LogP contribution >= 0.6 is 0 Å². The van der Waals surface area contributed by atoms with E-state index in [1.807, 2.05) is 26.8 Å². The number of aliphatic carboxylic acids is 1. The van der Waals surface area contributed by atoms with Gasteiger partial charge in [0, 0.05) is 48.9 Å². The number of para-hydroxylation sites is 1. The molecule has 0 bridgehead atoms. The fourth-order valence-corrected chi connectivity index (χ4v) is 4.89. The summed E-state index contributed by atoms with van der Waals surface area (Å²) in [7, 11) is 0. The number of amides is 3. The topological polar surface area (TPSA) is 149 Å². The van der Waals surface area contributed by atoms with Crippen molar-refractivity contribution in [1.82, 2.24) is 25.5 Å². The number of carbonyl (C=O) groups is 3. The Bertz CT molecular complexity index is 1650. The predicted octanol–water partition coefficient (Wildman–Crippen LogP) is 4.61. The summed E-state index contributed by atoms with van der Waals surface area (Å²) in [5.74, 6) is -4.55. The van der Waals surface area contributed by atoms with Crippen molar-refractivity contribution in [3.63, 3.8) is 0 Å². The van der Waals surface area contributed by atoms with E-state index in [9.17, 15) is 31.5 Å². The number of ether oxygens (including phenoxy) is 1. The highest BCUT2D eigenvalue weighted by atomic mass is 19.4. The van der Waals surface area contributed by atoms with Crippen LogP contribution in [-0.2, 0) is 16.1 Å². The second kappa shape index (κ2) is 15.3. The molecule has 12 nitrogen and oxygen atoms in total. The molecule has 4 N–H and O–H groups in total. The van der Waals surface area contributed by atoms with Crippen molar-refractivity contribution < 1.29 is 46.2 Å². The van der Waals surface area contributed by atoms with E-state index < -0.39 is 35.5 Å². The summed E-state index contributed by atoms with van der Waals surface area (Å²) in [6.45, 7) is 9.82. The summed E-state index contributed by atoms with van der Waals surface area (Å²) >= 11 is 0. The third-order valence-electron chi connectivity index (χ3n) is 7.21. The molecule has 0 saturated carbocycles. The van der Waals surface area contributed by atoms with E-state index in [1.54, 1.807) is 12.1 Å². The van der Waals surface area contributed by atoms with Crippen molar-refractivity contribution >= 4 is 35.4 Å². The average molecular weight is 680 g/mol. The number of anilines is 3. The number of urea groups is 1. The number of hydrogen-bond donors (Lipinski definition) is 4. The molecule has 3 aromatic rings. The van der Waals surface area contributed by atoms with Crippen LogP contribution in [0, 0.1) is 18.6 Å². The minimum Gasteiger partial charge on any atom is -0.475 e. The number of carboxylic acid groups (broad SMARTS) is 1. The second-order valence-electron chi connectivity index (χ2n) is 11.1. The first-order valence-corrected chi connectivity index (χ1v) is 14.9. The molecule has 2 aliphatic heterocycles. The number of halogens is 5. The van der Waals surface area contributed by atoms with Crippen LogP contribution < -0.4 is 20.9 Å². The predicted molar refractivity (Wildman–Crippen MR) is 165 cm³/mol. The Kier molecular flexibility index (Phi) is 11.5. The van der Waals surface area contributed by atoms with E-state index in [1.165, 1.54) is 6.07 Å². The summed E-state index contributed by atoms with van der Waals surface area (Å²) in [5, 5.41) is 15.9. The van der Waals surface area contributed by atoms with Crippen molar-refractivity contribution in [2.75, 3.05) is 49.6 Å². The fourth-order valence-electron chi connectivity index (χ4n) is 4.89.